The Hall–Kier alpha value is -3.73. The van der Waals surface area contributed by atoms with Gasteiger partial charge in [-0.1, -0.05) is 48.5 Å². The van der Waals surface area contributed by atoms with Gasteiger partial charge in [-0.05, 0) is 52.2 Å². The number of aromatic nitrogens is 1. The molecule has 1 aromatic heterocycles. The minimum absolute atomic E-state index is 0.0148. The summed E-state index contributed by atoms with van der Waals surface area (Å²) in [5, 5.41) is 4.82. The maximum Gasteiger partial charge on any atom is 0.261 e. The number of H-pyrrole nitrogens is 1. The minimum Gasteiger partial charge on any atom is -0.348 e. The van der Waals surface area contributed by atoms with Crippen molar-refractivity contribution < 1.29 is 9.18 Å². The van der Waals surface area contributed by atoms with Gasteiger partial charge >= 0.3 is 0 Å². The molecule has 0 saturated carbocycles. The molecule has 0 aliphatic rings. The van der Waals surface area contributed by atoms with Gasteiger partial charge in [-0.3, -0.25) is 9.59 Å². The summed E-state index contributed by atoms with van der Waals surface area (Å²) in [4.78, 5) is 27.5. The van der Waals surface area contributed by atoms with E-state index < -0.39 is 11.5 Å². The van der Waals surface area contributed by atoms with Crippen LogP contribution in [0.2, 0.25) is 0 Å². The van der Waals surface area contributed by atoms with Crippen LogP contribution in [0.4, 0.5) is 4.39 Å². The number of carbonyl (C=O) groups excluding carboxylic acids is 1. The van der Waals surface area contributed by atoms with Crippen LogP contribution in [0.25, 0.3) is 22.0 Å². The molecule has 0 saturated heterocycles. The van der Waals surface area contributed by atoms with Crippen molar-refractivity contribution in [3.05, 3.63) is 106 Å². The Kier molecular flexibility index (Phi) is 4.72. The first-order chi connectivity index (χ1) is 13.6. The number of hydrogen-bond acceptors (Lipinski definition) is 2. The van der Waals surface area contributed by atoms with E-state index in [1.54, 1.807) is 18.2 Å². The molecule has 4 nitrogen and oxygen atoms in total. The molecule has 0 spiro atoms. The molecule has 0 aliphatic heterocycles. The number of halogens is 1. The lowest BCUT2D eigenvalue weighted by atomic mass is 10.0. The Labute approximate surface area is 160 Å². The number of rotatable bonds is 4. The molecule has 138 valence electrons. The first-order valence-electron chi connectivity index (χ1n) is 8.85. The maximum absolute atomic E-state index is 13.2. The van der Waals surface area contributed by atoms with Gasteiger partial charge in [-0.15, -0.1) is 0 Å². The molecule has 0 atom stereocenters. The molecule has 2 N–H and O–H groups in total. The van der Waals surface area contributed by atoms with E-state index in [0.717, 1.165) is 16.3 Å². The maximum atomic E-state index is 13.2. The molecule has 0 fully saturated rings. The summed E-state index contributed by atoms with van der Waals surface area (Å²) < 4.78 is 13.2. The van der Waals surface area contributed by atoms with Gasteiger partial charge in [0.05, 0.1) is 0 Å². The van der Waals surface area contributed by atoms with Crippen molar-refractivity contribution >= 4 is 16.7 Å². The number of pyridine rings is 1. The lowest BCUT2D eigenvalue weighted by molar-refractivity contribution is 0.0949. The summed E-state index contributed by atoms with van der Waals surface area (Å²) in [6.07, 6.45) is 0. The van der Waals surface area contributed by atoms with Crippen molar-refractivity contribution in [3.63, 3.8) is 0 Å². The molecule has 0 bridgehead atoms. The van der Waals surface area contributed by atoms with Gasteiger partial charge in [-0.2, -0.15) is 0 Å². The molecular weight excluding hydrogens is 355 g/mol. The molecule has 0 aliphatic carbocycles. The number of benzene rings is 3. The van der Waals surface area contributed by atoms with Gasteiger partial charge in [0.2, 0.25) is 0 Å². The van der Waals surface area contributed by atoms with Crippen molar-refractivity contribution in [2.45, 2.75) is 6.54 Å². The quantitative estimate of drug-likeness (QED) is 0.562. The summed E-state index contributed by atoms with van der Waals surface area (Å²) in [7, 11) is 0. The molecule has 4 aromatic rings. The lowest BCUT2D eigenvalue weighted by Crippen LogP contribution is -2.29. The number of hydrogen-bond donors (Lipinski definition) is 2. The third-order valence-electron chi connectivity index (χ3n) is 4.56. The highest BCUT2D eigenvalue weighted by Crippen LogP contribution is 2.22. The molecule has 28 heavy (non-hydrogen) atoms. The second-order valence-corrected chi connectivity index (χ2v) is 6.49. The average Bonchev–Trinajstić information content (AvgIpc) is 2.71. The van der Waals surface area contributed by atoms with Crippen molar-refractivity contribution in [1.82, 2.24) is 10.3 Å². The monoisotopic (exact) mass is 372 g/mol. The Morgan fingerprint density at radius 2 is 1.71 bits per heavy atom. The Morgan fingerprint density at radius 1 is 0.893 bits per heavy atom. The molecule has 4 rings (SSSR count). The number of carbonyl (C=O) groups is 1. The third kappa shape index (κ3) is 3.69. The van der Waals surface area contributed by atoms with Gasteiger partial charge < -0.3 is 10.3 Å². The van der Waals surface area contributed by atoms with Crippen LogP contribution in [-0.2, 0) is 6.54 Å². The van der Waals surface area contributed by atoms with Crippen molar-refractivity contribution in [1.29, 1.82) is 0 Å². The van der Waals surface area contributed by atoms with E-state index >= 15 is 0 Å². The van der Waals surface area contributed by atoms with Gasteiger partial charge in [-0.25, -0.2) is 4.39 Å². The fraction of sp³-hybridized carbons (Fsp3) is 0.0435. The van der Waals surface area contributed by atoms with Gasteiger partial charge in [0, 0.05) is 12.2 Å². The molecule has 1 amide bonds. The van der Waals surface area contributed by atoms with Crippen LogP contribution in [-0.4, -0.2) is 10.9 Å². The first kappa shape index (κ1) is 17.7. The van der Waals surface area contributed by atoms with Gasteiger partial charge in [0.25, 0.3) is 11.5 Å². The van der Waals surface area contributed by atoms with Crippen LogP contribution in [0, 0.1) is 5.82 Å². The average molecular weight is 372 g/mol. The standard InChI is InChI=1S/C23H17FN2O2/c24-19-7-3-4-15(12-19)14-25-22(27)20-10-11-21(26-23(20)28)18-9-8-16-5-1-2-6-17(16)13-18/h1-13H,14H2,(H,25,27)(H,26,28). The minimum atomic E-state index is -0.504. The van der Waals surface area contributed by atoms with E-state index in [0.29, 0.717) is 11.3 Å². The van der Waals surface area contributed by atoms with E-state index in [1.165, 1.54) is 18.2 Å². The topological polar surface area (TPSA) is 62.0 Å². The smallest absolute Gasteiger partial charge is 0.261 e. The van der Waals surface area contributed by atoms with Crippen LogP contribution in [0.5, 0.6) is 0 Å². The zero-order valence-corrected chi connectivity index (χ0v) is 14.9. The molecular formula is C23H17FN2O2. The third-order valence-corrected chi connectivity index (χ3v) is 4.56. The van der Waals surface area contributed by atoms with Crippen molar-refractivity contribution in [2.24, 2.45) is 0 Å². The van der Waals surface area contributed by atoms with E-state index in [-0.39, 0.29) is 17.9 Å². The lowest BCUT2D eigenvalue weighted by Gasteiger charge is -2.07. The van der Waals surface area contributed by atoms with Crippen molar-refractivity contribution in [3.8, 4) is 11.3 Å². The highest BCUT2D eigenvalue weighted by atomic mass is 19.1. The zero-order chi connectivity index (χ0) is 19.5. The van der Waals surface area contributed by atoms with Crippen LogP contribution in [0.3, 0.4) is 0 Å². The molecule has 0 radical (unpaired) electrons. The van der Waals surface area contributed by atoms with Crippen LogP contribution in [0.1, 0.15) is 15.9 Å². The number of amides is 1. The van der Waals surface area contributed by atoms with E-state index in [4.69, 9.17) is 0 Å². The van der Waals surface area contributed by atoms with Gasteiger partial charge in [0.1, 0.15) is 11.4 Å². The van der Waals surface area contributed by atoms with E-state index in [2.05, 4.69) is 10.3 Å². The number of nitrogens with one attached hydrogen (secondary N) is 2. The summed E-state index contributed by atoms with van der Waals surface area (Å²) in [6, 6.07) is 23.0. The van der Waals surface area contributed by atoms with Crippen LogP contribution >= 0.6 is 0 Å². The van der Waals surface area contributed by atoms with E-state index in [9.17, 15) is 14.0 Å². The highest BCUT2D eigenvalue weighted by molar-refractivity contribution is 5.94. The van der Waals surface area contributed by atoms with Crippen LogP contribution < -0.4 is 10.9 Å². The zero-order valence-electron chi connectivity index (χ0n) is 14.9. The molecule has 1 heterocycles. The fourth-order valence-electron chi connectivity index (χ4n) is 3.10. The van der Waals surface area contributed by atoms with Crippen molar-refractivity contribution in [2.75, 3.05) is 0 Å². The Balaban J connectivity index is 1.55. The van der Waals surface area contributed by atoms with Crippen LogP contribution in [0.15, 0.2) is 83.7 Å². The molecule has 0 unspecified atom stereocenters. The highest BCUT2D eigenvalue weighted by Gasteiger charge is 2.11. The summed E-state index contributed by atoms with van der Waals surface area (Å²) in [5.74, 6) is -0.875. The summed E-state index contributed by atoms with van der Waals surface area (Å²) >= 11 is 0. The number of fused-ring (bicyclic) bond motifs is 1. The predicted octanol–water partition coefficient (Wildman–Crippen LogP) is 4.26. The van der Waals surface area contributed by atoms with Gasteiger partial charge in [0.15, 0.2) is 0 Å². The van der Waals surface area contributed by atoms with E-state index in [1.807, 2.05) is 42.5 Å². The first-order valence-corrected chi connectivity index (χ1v) is 8.85. The second kappa shape index (κ2) is 7.48. The Morgan fingerprint density at radius 3 is 2.50 bits per heavy atom. The SMILES string of the molecule is O=C(NCc1cccc(F)c1)c1ccc(-c2ccc3ccccc3c2)[nH]c1=O. The predicted molar refractivity (Wildman–Crippen MR) is 108 cm³/mol. The Bertz CT molecular complexity index is 1230. The molecule has 3 aromatic carbocycles. The number of aromatic amines is 1. The second-order valence-electron chi connectivity index (χ2n) is 6.49. The fourth-order valence-corrected chi connectivity index (χ4v) is 3.10. The normalized spacial score (nSPS) is 10.8. The molecule has 5 heteroatoms. The summed E-state index contributed by atoms with van der Waals surface area (Å²) in [5.41, 5.74) is 1.67. The summed E-state index contributed by atoms with van der Waals surface area (Å²) in [6.45, 7) is 0.141. The largest absolute Gasteiger partial charge is 0.348 e.